The second-order valence-corrected chi connectivity index (χ2v) is 5.09. The highest BCUT2D eigenvalue weighted by Gasteiger charge is 2.18. The van der Waals surface area contributed by atoms with Crippen molar-refractivity contribution in [2.75, 3.05) is 11.9 Å². The number of aliphatic hydroxyl groups is 1. The van der Waals surface area contributed by atoms with Gasteiger partial charge in [0.25, 0.3) is 11.5 Å². The lowest BCUT2D eigenvalue weighted by molar-refractivity contribution is -0.112. The first-order chi connectivity index (χ1) is 11.6. The van der Waals surface area contributed by atoms with Gasteiger partial charge in [-0.15, -0.1) is 0 Å². The van der Waals surface area contributed by atoms with Crippen LogP contribution < -0.4 is 10.9 Å². The Balaban J connectivity index is 1.93. The lowest BCUT2D eigenvalue weighted by Gasteiger charge is -2.12. The van der Waals surface area contributed by atoms with Gasteiger partial charge in [0.1, 0.15) is 11.6 Å². The molecule has 1 aliphatic heterocycles. The lowest BCUT2D eigenvalue weighted by Crippen LogP contribution is -2.20. The molecule has 0 unspecified atom stereocenters. The van der Waals surface area contributed by atoms with Gasteiger partial charge in [-0.3, -0.25) is 14.6 Å². The van der Waals surface area contributed by atoms with Crippen molar-refractivity contribution < 1.29 is 14.3 Å². The van der Waals surface area contributed by atoms with Gasteiger partial charge in [0.2, 0.25) is 0 Å². The summed E-state index contributed by atoms with van der Waals surface area (Å²) in [5.41, 5.74) is 0.176. The molecule has 0 spiro atoms. The second-order valence-electron chi connectivity index (χ2n) is 5.09. The van der Waals surface area contributed by atoms with Crippen LogP contribution in [0.15, 0.2) is 51.6 Å². The minimum atomic E-state index is -0.671. The van der Waals surface area contributed by atoms with Crippen molar-refractivity contribution >= 4 is 17.8 Å². The van der Waals surface area contributed by atoms with Crippen molar-refractivity contribution in [2.45, 2.75) is 6.42 Å². The number of rotatable bonds is 3. The number of aromatic amines is 1. The molecule has 0 saturated carbocycles. The van der Waals surface area contributed by atoms with Gasteiger partial charge in [0.15, 0.2) is 0 Å². The van der Waals surface area contributed by atoms with Crippen LogP contribution in [0.4, 0.5) is 10.1 Å². The maximum atomic E-state index is 14.0. The van der Waals surface area contributed by atoms with E-state index in [9.17, 15) is 19.1 Å². The number of aliphatic hydroxyl groups excluding tert-OH is 1. The van der Waals surface area contributed by atoms with Crippen molar-refractivity contribution in [1.29, 1.82) is 0 Å². The first kappa shape index (κ1) is 15.6. The fourth-order valence-electron chi connectivity index (χ4n) is 2.27. The number of benzene rings is 1. The van der Waals surface area contributed by atoms with Crippen LogP contribution in [-0.2, 0) is 4.79 Å². The zero-order valence-corrected chi connectivity index (χ0v) is 12.4. The Bertz CT molecular complexity index is 918. The first-order valence-electron chi connectivity index (χ1n) is 7.13. The molecule has 0 fully saturated rings. The molecule has 3 rings (SSSR count). The Morgan fingerprint density at radius 2 is 2.17 bits per heavy atom. The molecule has 7 nitrogen and oxygen atoms in total. The number of hydrogen-bond donors (Lipinski definition) is 3. The number of H-pyrrole nitrogens is 1. The van der Waals surface area contributed by atoms with Crippen molar-refractivity contribution in [3.63, 3.8) is 0 Å². The zero-order chi connectivity index (χ0) is 17.1. The summed E-state index contributed by atoms with van der Waals surface area (Å²) in [6, 6.07) is 5.40. The normalized spacial score (nSPS) is 13.9. The Hall–Kier alpha value is -3.29. The summed E-state index contributed by atoms with van der Waals surface area (Å²) < 4.78 is 14.0. The maximum absolute atomic E-state index is 14.0. The summed E-state index contributed by atoms with van der Waals surface area (Å²) in [6.45, 7) is 0.400. The lowest BCUT2D eigenvalue weighted by atomic mass is 10.1. The molecule has 1 aromatic carbocycles. The molecule has 24 heavy (non-hydrogen) atoms. The molecule has 1 amide bonds. The van der Waals surface area contributed by atoms with Gasteiger partial charge in [-0.05, 0) is 23.8 Å². The second kappa shape index (κ2) is 6.45. The van der Waals surface area contributed by atoms with Gasteiger partial charge in [-0.25, -0.2) is 9.49 Å². The minimum absolute atomic E-state index is 0.00666. The summed E-state index contributed by atoms with van der Waals surface area (Å²) in [5.74, 6) is -1.43. The van der Waals surface area contributed by atoms with E-state index in [0.29, 0.717) is 17.7 Å². The average molecular weight is 328 g/mol. The average Bonchev–Trinajstić information content (AvgIpc) is 2.58. The number of halogens is 1. The Kier molecular flexibility index (Phi) is 4.19. The van der Waals surface area contributed by atoms with E-state index < -0.39 is 17.3 Å². The fourth-order valence-corrected chi connectivity index (χ4v) is 2.27. The number of carbonyl (C=O) groups is 1. The number of amides is 1. The number of aromatic nitrogens is 2. The number of hydrogen-bond acceptors (Lipinski definition) is 5. The molecular formula is C16H13FN4O3. The molecule has 1 aromatic heterocycles. The molecule has 0 radical (unpaired) electrons. The molecule has 3 N–H and O–H groups in total. The highest BCUT2D eigenvalue weighted by Crippen LogP contribution is 2.23. The van der Waals surface area contributed by atoms with Crippen LogP contribution in [0.3, 0.4) is 0 Å². The SMILES string of the molecule is O=C(Nc1cc(-c2ccn[nH]c2=O)ccc1F)C1=C(O)CCN=C1. The largest absolute Gasteiger partial charge is 0.511 e. The minimum Gasteiger partial charge on any atom is -0.511 e. The molecule has 0 atom stereocenters. The van der Waals surface area contributed by atoms with E-state index in [1.807, 2.05) is 0 Å². The molecule has 0 aliphatic carbocycles. The predicted molar refractivity (Wildman–Crippen MR) is 86.5 cm³/mol. The number of anilines is 1. The third-order valence-electron chi connectivity index (χ3n) is 3.51. The molecule has 0 bridgehead atoms. The Morgan fingerprint density at radius 1 is 1.33 bits per heavy atom. The summed E-state index contributed by atoms with van der Waals surface area (Å²) in [7, 11) is 0. The topological polar surface area (TPSA) is 107 Å². The van der Waals surface area contributed by atoms with E-state index in [0.717, 1.165) is 6.07 Å². The molecule has 8 heteroatoms. The van der Waals surface area contributed by atoms with Gasteiger partial charge in [0, 0.05) is 25.4 Å². The third kappa shape index (κ3) is 3.07. The van der Waals surface area contributed by atoms with Crippen molar-refractivity contribution in [1.82, 2.24) is 10.2 Å². The highest BCUT2D eigenvalue weighted by atomic mass is 19.1. The first-order valence-corrected chi connectivity index (χ1v) is 7.13. The zero-order valence-electron chi connectivity index (χ0n) is 12.4. The maximum Gasteiger partial charge on any atom is 0.272 e. The fraction of sp³-hybridized carbons (Fsp3) is 0.125. The van der Waals surface area contributed by atoms with E-state index in [1.165, 1.54) is 30.6 Å². The molecule has 0 saturated heterocycles. The van der Waals surface area contributed by atoms with Crippen LogP contribution in [0.2, 0.25) is 0 Å². The van der Waals surface area contributed by atoms with Crippen molar-refractivity contribution in [3.8, 4) is 11.1 Å². The third-order valence-corrected chi connectivity index (χ3v) is 3.51. The molecular weight excluding hydrogens is 315 g/mol. The summed E-state index contributed by atoms with van der Waals surface area (Å²) in [5, 5.41) is 18.0. The van der Waals surface area contributed by atoms with Crippen LogP contribution in [-0.4, -0.2) is 34.0 Å². The van der Waals surface area contributed by atoms with Crippen LogP contribution in [0.1, 0.15) is 6.42 Å². The van der Waals surface area contributed by atoms with Gasteiger partial charge in [0.05, 0.1) is 16.8 Å². The molecule has 1 aliphatic rings. The van der Waals surface area contributed by atoms with Crippen LogP contribution in [0.25, 0.3) is 11.1 Å². The summed E-state index contributed by atoms with van der Waals surface area (Å²) >= 11 is 0. The van der Waals surface area contributed by atoms with Crippen LogP contribution in [0.5, 0.6) is 0 Å². The monoisotopic (exact) mass is 328 g/mol. The molecule has 2 heterocycles. The summed E-state index contributed by atoms with van der Waals surface area (Å²) in [4.78, 5) is 27.9. The Morgan fingerprint density at radius 3 is 2.92 bits per heavy atom. The van der Waals surface area contributed by atoms with E-state index in [1.54, 1.807) is 0 Å². The predicted octanol–water partition coefficient (Wildman–Crippen LogP) is 1.80. The quantitative estimate of drug-likeness (QED) is 0.798. The Labute approximate surface area is 135 Å². The molecule has 2 aromatic rings. The standard InChI is InChI=1S/C16H13FN4O3/c17-12-2-1-9(10-3-6-19-21-16(10)24)7-13(12)20-15(23)11-8-18-5-4-14(11)22/h1-3,6-8,22H,4-5H2,(H,20,23)(H,21,24). The van der Waals surface area contributed by atoms with Crippen molar-refractivity contribution in [2.24, 2.45) is 4.99 Å². The number of carbonyl (C=O) groups excluding carboxylic acids is 1. The van der Waals surface area contributed by atoms with E-state index in [2.05, 4.69) is 20.5 Å². The number of nitrogens with zero attached hydrogens (tertiary/aromatic N) is 2. The van der Waals surface area contributed by atoms with E-state index in [4.69, 9.17) is 0 Å². The van der Waals surface area contributed by atoms with Gasteiger partial charge >= 0.3 is 0 Å². The van der Waals surface area contributed by atoms with Crippen molar-refractivity contribution in [3.05, 3.63) is 58.0 Å². The number of dihydropyridines is 1. The number of nitrogens with one attached hydrogen (secondary N) is 2. The van der Waals surface area contributed by atoms with Gasteiger partial charge in [-0.2, -0.15) is 5.10 Å². The van der Waals surface area contributed by atoms with Crippen LogP contribution >= 0.6 is 0 Å². The number of aliphatic imine (C=N–C) groups is 1. The van der Waals surface area contributed by atoms with Gasteiger partial charge in [-0.1, -0.05) is 6.07 Å². The van der Waals surface area contributed by atoms with E-state index in [-0.39, 0.29) is 23.4 Å². The smallest absolute Gasteiger partial charge is 0.272 e. The van der Waals surface area contributed by atoms with Crippen LogP contribution in [0, 0.1) is 5.82 Å². The summed E-state index contributed by atoms with van der Waals surface area (Å²) in [6.07, 6.45) is 2.91. The molecule has 122 valence electrons. The highest BCUT2D eigenvalue weighted by molar-refractivity contribution is 6.18. The van der Waals surface area contributed by atoms with E-state index >= 15 is 0 Å². The van der Waals surface area contributed by atoms with Gasteiger partial charge < -0.3 is 10.4 Å².